The van der Waals surface area contributed by atoms with Crippen LogP contribution < -0.4 is 0 Å². The van der Waals surface area contributed by atoms with Crippen molar-refractivity contribution in [2.75, 3.05) is 0 Å². The fourth-order valence-electron chi connectivity index (χ4n) is 1.10. The monoisotopic (exact) mass is 218 g/mol. The molecule has 0 fully saturated rings. The predicted octanol–water partition coefficient (Wildman–Crippen LogP) is 2.84. The molecule has 84 valence electrons. The summed E-state index contributed by atoms with van der Waals surface area (Å²) in [6.07, 6.45) is 1.14. The Morgan fingerprint density at radius 2 is 1.93 bits per heavy atom. The van der Waals surface area contributed by atoms with E-state index in [1.54, 1.807) is 6.92 Å². The first kappa shape index (κ1) is 14.0. The zero-order valence-electron chi connectivity index (χ0n) is 9.83. The normalized spacial score (nSPS) is 16.4. The van der Waals surface area contributed by atoms with Crippen LogP contribution in [0, 0.1) is 5.92 Å². The highest BCUT2D eigenvalue weighted by molar-refractivity contribution is 8.14. The summed E-state index contributed by atoms with van der Waals surface area (Å²) >= 11 is 1.32. The molecule has 0 amide bonds. The molecule has 2 atom stereocenters. The number of carbonyl (C=O) groups excluding carboxylic acids is 1. The van der Waals surface area contributed by atoms with Crippen LogP contribution in [-0.2, 0) is 4.79 Å². The zero-order chi connectivity index (χ0) is 11.4. The van der Waals surface area contributed by atoms with Gasteiger partial charge in [-0.05, 0) is 6.42 Å². The van der Waals surface area contributed by atoms with Gasteiger partial charge in [-0.25, -0.2) is 0 Å². The van der Waals surface area contributed by atoms with Crippen LogP contribution in [0.15, 0.2) is 0 Å². The number of thioether (sulfide) groups is 1. The van der Waals surface area contributed by atoms with Crippen LogP contribution in [0.2, 0.25) is 0 Å². The fraction of sp³-hybridized carbons (Fsp3) is 0.909. The maximum Gasteiger partial charge on any atom is 0.194 e. The van der Waals surface area contributed by atoms with E-state index in [2.05, 4.69) is 0 Å². The van der Waals surface area contributed by atoms with E-state index in [-0.39, 0.29) is 15.8 Å². The van der Waals surface area contributed by atoms with Crippen LogP contribution >= 0.6 is 11.8 Å². The Hall–Kier alpha value is -0.0200. The second-order valence-corrected chi connectivity index (χ2v) is 6.51. The molecule has 0 aromatic rings. The van der Waals surface area contributed by atoms with E-state index in [1.165, 1.54) is 11.8 Å². The standard InChI is InChI=1S/C11H22O2S/c1-6-7-9(12)8(2)10(13)14-11(3,4)5/h8-9,12H,6-7H2,1-5H3/t8-,9-/m1/s1. The van der Waals surface area contributed by atoms with Gasteiger partial charge in [-0.2, -0.15) is 0 Å². The van der Waals surface area contributed by atoms with Crippen molar-refractivity contribution < 1.29 is 9.90 Å². The highest BCUT2D eigenvalue weighted by atomic mass is 32.2. The molecule has 0 radical (unpaired) electrons. The molecule has 0 heterocycles. The molecular formula is C11H22O2S. The van der Waals surface area contributed by atoms with Gasteiger partial charge >= 0.3 is 0 Å². The molecular weight excluding hydrogens is 196 g/mol. The first-order valence-corrected chi connectivity index (χ1v) is 6.00. The Morgan fingerprint density at radius 1 is 1.43 bits per heavy atom. The van der Waals surface area contributed by atoms with Gasteiger partial charge in [0.25, 0.3) is 0 Å². The summed E-state index contributed by atoms with van der Waals surface area (Å²) in [5, 5.41) is 9.75. The Morgan fingerprint density at radius 3 is 2.29 bits per heavy atom. The van der Waals surface area contributed by atoms with Crippen LogP contribution in [0.4, 0.5) is 0 Å². The van der Waals surface area contributed by atoms with Crippen molar-refractivity contribution in [3.05, 3.63) is 0 Å². The maximum atomic E-state index is 11.7. The van der Waals surface area contributed by atoms with E-state index < -0.39 is 6.10 Å². The second-order valence-electron chi connectivity index (χ2n) is 4.68. The van der Waals surface area contributed by atoms with Crippen LogP contribution in [0.25, 0.3) is 0 Å². The zero-order valence-corrected chi connectivity index (χ0v) is 10.6. The summed E-state index contributed by atoms with van der Waals surface area (Å²) in [6, 6.07) is 0. The third-order valence-electron chi connectivity index (χ3n) is 1.94. The Kier molecular flexibility index (Phi) is 5.75. The van der Waals surface area contributed by atoms with Gasteiger partial charge < -0.3 is 5.11 Å². The van der Waals surface area contributed by atoms with E-state index in [0.29, 0.717) is 6.42 Å². The van der Waals surface area contributed by atoms with Gasteiger partial charge in [0.05, 0.1) is 12.0 Å². The number of hydrogen-bond acceptors (Lipinski definition) is 3. The molecule has 0 bridgehead atoms. The molecule has 0 spiro atoms. The molecule has 0 aromatic carbocycles. The summed E-state index contributed by atoms with van der Waals surface area (Å²) in [7, 11) is 0. The van der Waals surface area contributed by atoms with E-state index in [4.69, 9.17) is 0 Å². The summed E-state index contributed by atoms with van der Waals surface area (Å²) in [5.41, 5.74) is 0. The van der Waals surface area contributed by atoms with Crippen molar-refractivity contribution in [3.63, 3.8) is 0 Å². The first-order chi connectivity index (χ1) is 6.28. The summed E-state index contributed by atoms with van der Waals surface area (Å²) in [6.45, 7) is 9.84. The minimum atomic E-state index is -0.484. The highest BCUT2D eigenvalue weighted by Crippen LogP contribution is 2.28. The largest absolute Gasteiger partial charge is 0.392 e. The van der Waals surface area contributed by atoms with Gasteiger partial charge in [-0.1, -0.05) is 52.8 Å². The molecule has 0 aliphatic carbocycles. The lowest BCUT2D eigenvalue weighted by atomic mass is 10.0. The molecule has 0 saturated carbocycles. The average Bonchev–Trinajstić information content (AvgIpc) is 2.00. The minimum absolute atomic E-state index is 0.0583. The summed E-state index contributed by atoms with van der Waals surface area (Å²) in [4.78, 5) is 11.7. The van der Waals surface area contributed by atoms with Crippen LogP contribution in [0.3, 0.4) is 0 Å². The van der Waals surface area contributed by atoms with Crippen molar-refractivity contribution >= 4 is 16.9 Å². The molecule has 3 heteroatoms. The van der Waals surface area contributed by atoms with Crippen molar-refractivity contribution in [1.82, 2.24) is 0 Å². The molecule has 2 nitrogen and oxygen atoms in total. The predicted molar refractivity (Wildman–Crippen MR) is 62.4 cm³/mol. The van der Waals surface area contributed by atoms with E-state index in [0.717, 1.165) is 6.42 Å². The SMILES string of the molecule is CCC[C@@H](O)[C@@H](C)C(=O)SC(C)(C)C. The van der Waals surface area contributed by atoms with Crippen LogP contribution in [0.5, 0.6) is 0 Å². The molecule has 14 heavy (non-hydrogen) atoms. The van der Waals surface area contributed by atoms with Gasteiger partial charge in [-0.3, -0.25) is 4.79 Å². The van der Waals surface area contributed by atoms with Gasteiger partial charge in [-0.15, -0.1) is 0 Å². The molecule has 0 rings (SSSR count). The number of rotatable bonds is 4. The number of carbonyl (C=O) groups is 1. The van der Waals surface area contributed by atoms with Gasteiger partial charge in [0, 0.05) is 4.75 Å². The number of aliphatic hydroxyl groups excluding tert-OH is 1. The number of hydrogen-bond donors (Lipinski definition) is 1. The van der Waals surface area contributed by atoms with Crippen LogP contribution in [0.1, 0.15) is 47.5 Å². The Labute approximate surface area is 91.5 Å². The van der Waals surface area contributed by atoms with E-state index in [9.17, 15) is 9.90 Å². The fourth-order valence-corrected chi connectivity index (χ4v) is 2.04. The third-order valence-corrected chi connectivity index (χ3v) is 3.13. The van der Waals surface area contributed by atoms with Gasteiger partial charge in [0.2, 0.25) is 0 Å². The van der Waals surface area contributed by atoms with Crippen LogP contribution in [-0.4, -0.2) is 21.1 Å². The van der Waals surface area contributed by atoms with Crippen molar-refractivity contribution in [1.29, 1.82) is 0 Å². The van der Waals surface area contributed by atoms with Gasteiger partial charge in [0.15, 0.2) is 5.12 Å². The van der Waals surface area contributed by atoms with E-state index >= 15 is 0 Å². The average molecular weight is 218 g/mol. The molecule has 0 aromatic heterocycles. The molecule has 1 N–H and O–H groups in total. The first-order valence-electron chi connectivity index (χ1n) is 5.19. The summed E-state index contributed by atoms with van der Waals surface area (Å²) in [5.74, 6) is -0.251. The lowest BCUT2D eigenvalue weighted by Crippen LogP contribution is -2.26. The van der Waals surface area contributed by atoms with Crippen molar-refractivity contribution in [2.45, 2.75) is 58.3 Å². The second kappa shape index (κ2) is 5.76. The van der Waals surface area contributed by atoms with Crippen molar-refractivity contribution in [2.24, 2.45) is 5.92 Å². The number of aliphatic hydroxyl groups is 1. The van der Waals surface area contributed by atoms with E-state index in [1.807, 2.05) is 27.7 Å². The molecule has 0 unspecified atom stereocenters. The summed E-state index contributed by atoms with van der Waals surface area (Å²) < 4.78 is -0.0583. The molecule has 0 aliphatic heterocycles. The molecule has 0 saturated heterocycles. The quantitative estimate of drug-likeness (QED) is 0.788. The van der Waals surface area contributed by atoms with Gasteiger partial charge in [0.1, 0.15) is 0 Å². The Bertz CT molecular complexity index is 184. The molecule has 0 aliphatic rings. The Balaban J connectivity index is 4.12. The van der Waals surface area contributed by atoms with Crippen molar-refractivity contribution in [3.8, 4) is 0 Å². The maximum absolute atomic E-state index is 11.7. The highest BCUT2D eigenvalue weighted by Gasteiger charge is 2.25. The third kappa shape index (κ3) is 5.66. The minimum Gasteiger partial charge on any atom is -0.392 e. The smallest absolute Gasteiger partial charge is 0.194 e. The lowest BCUT2D eigenvalue weighted by Gasteiger charge is -2.22. The lowest BCUT2D eigenvalue weighted by molar-refractivity contribution is -0.117. The topological polar surface area (TPSA) is 37.3 Å².